The topological polar surface area (TPSA) is 78.6 Å². The molecule has 15 heavy (non-hydrogen) atoms. The number of hydrogen-bond acceptors (Lipinski definition) is 4. The quantitative estimate of drug-likeness (QED) is 0.509. The van der Waals surface area contributed by atoms with Gasteiger partial charge in [-0.3, -0.25) is 9.69 Å². The van der Waals surface area contributed by atoms with Gasteiger partial charge in [-0.1, -0.05) is 0 Å². The summed E-state index contributed by atoms with van der Waals surface area (Å²) in [5.74, 6) is 0.0407. The van der Waals surface area contributed by atoms with Crippen molar-refractivity contribution in [2.75, 3.05) is 32.8 Å². The summed E-state index contributed by atoms with van der Waals surface area (Å²) in [6, 6.07) is 0.304. The summed E-state index contributed by atoms with van der Waals surface area (Å²) in [5.41, 5.74) is 5.77. The molecular weight excluding hydrogens is 194 g/mol. The zero-order valence-corrected chi connectivity index (χ0v) is 9.11. The Morgan fingerprint density at radius 3 is 2.73 bits per heavy atom. The van der Waals surface area contributed by atoms with Gasteiger partial charge < -0.3 is 16.2 Å². The largest absolute Gasteiger partial charge is 0.396 e. The van der Waals surface area contributed by atoms with Gasteiger partial charge in [0.25, 0.3) is 0 Å². The van der Waals surface area contributed by atoms with Crippen LogP contribution in [0.2, 0.25) is 0 Å². The minimum Gasteiger partial charge on any atom is -0.396 e. The molecule has 1 aliphatic rings. The molecule has 4 N–H and O–H groups in total. The number of aliphatic hydroxyl groups is 1. The SMILES string of the molecule is NC1CCN(CC(=O)NCCCO)CC1. The highest BCUT2D eigenvalue weighted by atomic mass is 16.3. The average molecular weight is 215 g/mol. The zero-order valence-electron chi connectivity index (χ0n) is 9.11. The van der Waals surface area contributed by atoms with E-state index in [2.05, 4.69) is 10.2 Å². The third-order valence-corrected chi connectivity index (χ3v) is 2.66. The number of likely N-dealkylation sites (tertiary alicyclic amines) is 1. The van der Waals surface area contributed by atoms with E-state index in [-0.39, 0.29) is 12.5 Å². The lowest BCUT2D eigenvalue weighted by atomic mass is 10.1. The molecule has 0 aliphatic carbocycles. The van der Waals surface area contributed by atoms with Gasteiger partial charge in [-0.15, -0.1) is 0 Å². The van der Waals surface area contributed by atoms with Crippen LogP contribution in [0.1, 0.15) is 19.3 Å². The first-order valence-corrected chi connectivity index (χ1v) is 5.58. The Labute approximate surface area is 90.6 Å². The Morgan fingerprint density at radius 1 is 1.47 bits per heavy atom. The molecule has 0 aromatic rings. The van der Waals surface area contributed by atoms with Gasteiger partial charge in [-0.25, -0.2) is 0 Å². The van der Waals surface area contributed by atoms with Crippen LogP contribution in [0.15, 0.2) is 0 Å². The van der Waals surface area contributed by atoms with Crippen LogP contribution in [0.25, 0.3) is 0 Å². The number of rotatable bonds is 5. The molecule has 0 atom stereocenters. The summed E-state index contributed by atoms with van der Waals surface area (Å²) in [4.78, 5) is 13.5. The monoisotopic (exact) mass is 215 g/mol. The van der Waals surface area contributed by atoms with Gasteiger partial charge in [-0.2, -0.15) is 0 Å². The molecular formula is C10H21N3O2. The first-order chi connectivity index (χ1) is 7.22. The van der Waals surface area contributed by atoms with Crippen LogP contribution in [-0.4, -0.2) is 54.7 Å². The number of nitrogens with two attached hydrogens (primary N) is 1. The number of nitrogens with zero attached hydrogens (tertiary/aromatic N) is 1. The minimum absolute atomic E-state index is 0.0407. The molecule has 0 saturated carbocycles. The van der Waals surface area contributed by atoms with Crippen molar-refractivity contribution in [3.05, 3.63) is 0 Å². The molecule has 88 valence electrons. The van der Waals surface area contributed by atoms with Gasteiger partial charge in [0.05, 0.1) is 6.54 Å². The fraction of sp³-hybridized carbons (Fsp3) is 0.900. The normalized spacial score (nSPS) is 19.1. The molecule has 1 heterocycles. The fourth-order valence-electron chi connectivity index (χ4n) is 1.68. The summed E-state index contributed by atoms with van der Waals surface area (Å²) in [6.07, 6.45) is 2.57. The van der Waals surface area contributed by atoms with Crippen molar-refractivity contribution >= 4 is 5.91 Å². The second-order valence-corrected chi connectivity index (χ2v) is 4.04. The predicted octanol–water partition coefficient (Wildman–Crippen LogP) is -1.09. The molecule has 0 radical (unpaired) electrons. The van der Waals surface area contributed by atoms with Crippen LogP contribution in [0, 0.1) is 0 Å². The van der Waals surface area contributed by atoms with Crippen LogP contribution in [-0.2, 0) is 4.79 Å². The van der Waals surface area contributed by atoms with E-state index in [1.165, 1.54) is 0 Å². The molecule has 0 spiro atoms. The molecule has 0 aromatic carbocycles. The third kappa shape index (κ3) is 5.11. The van der Waals surface area contributed by atoms with Gasteiger partial charge in [0.15, 0.2) is 0 Å². The lowest BCUT2D eigenvalue weighted by Gasteiger charge is -2.29. The van der Waals surface area contributed by atoms with E-state index in [0.29, 0.717) is 25.6 Å². The lowest BCUT2D eigenvalue weighted by molar-refractivity contribution is -0.122. The Morgan fingerprint density at radius 2 is 2.13 bits per heavy atom. The summed E-state index contributed by atoms with van der Waals surface area (Å²) in [5, 5.41) is 11.3. The Bertz CT molecular complexity index is 191. The van der Waals surface area contributed by atoms with E-state index in [0.717, 1.165) is 25.9 Å². The Balaban J connectivity index is 2.09. The summed E-state index contributed by atoms with van der Waals surface area (Å²) < 4.78 is 0. The first kappa shape index (κ1) is 12.4. The maximum atomic E-state index is 11.4. The highest BCUT2D eigenvalue weighted by Gasteiger charge is 2.17. The second kappa shape index (κ2) is 6.76. The van der Waals surface area contributed by atoms with E-state index in [1.807, 2.05) is 0 Å². The fourth-order valence-corrected chi connectivity index (χ4v) is 1.68. The van der Waals surface area contributed by atoms with Gasteiger partial charge in [0.2, 0.25) is 5.91 Å². The number of amides is 1. The second-order valence-electron chi connectivity index (χ2n) is 4.04. The third-order valence-electron chi connectivity index (χ3n) is 2.66. The van der Waals surface area contributed by atoms with Crippen molar-refractivity contribution in [2.24, 2.45) is 5.73 Å². The van der Waals surface area contributed by atoms with E-state index in [4.69, 9.17) is 10.8 Å². The highest BCUT2D eigenvalue weighted by Crippen LogP contribution is 2.06. The molecule has 5 nitrogen and oxygen atoms in total. The molecule has 1 fully saturated rings. The molecule has 1 saturated heterocycles. The molecule has 0 bridgehead atoms. The Hall–Kier alpha value is -0.650. The van der Waals surface area contributed by atoms with E-state index in [1.54, 1.807) is 0 Å². The maximum Gasteiger partial charge on any atom is 0.234 e. The predicted molar refractivity (Wildman–Crippen MR) is 58.4 cm³/mol. The molecule has 1 aliphatic heterocycles. The number of carbonyl (C=O) groups excluding carboxylic acids is 1. The number of nitrogens with one attached hydrogen (secondary N) is 1. The van der Waals surface area contributed by atoms with Crippen LogP contribution in [0.4, 0.5) is 0 Å². The average Bonchev–Trinajstić information content (AvgIpc) is 2.22. The van der Waals surface area contributed by atoms with E-state index >= 15 is 0 Å². The molecule has 5 heteroatoms. The van der Waals surface area contributed by atoms with Crippen molar-refractivity contribution in [1.82, 2.24) is 10.2 Å². The maximum absolute atomic E-state index is 11.4. The van der Waals surface area contributed by atoms with Crippen molar-refractivity contribution in [1.29, 1.82) is 0 Å². The van der Waals surface area contributed by atoms with Crippen LogP contribution < -0.4 is 11.1 Å². The molecule has 1 amide bonds. The van der Waals surface area contributed by atoms with Gasteiger partial charge >= 0.3 is 0 Å². The van der Waals surface area contributed by atoms with Crippen LogP contribution in [0.5, 0.6) is 0 Å². The van der Waals surface area contributed by atoms with Crippen molar-refractivity contribution < 1.29 is 9.90 Å². The van der Waals surface area contributed by atoms with Crippen LogP contribution >= 0.6 is 0 Å². The molecule has 0 unspecified atom stereocenters. The molecule has 0 aromatic heterocycles. The van der Waals surface area contributed by atoms with Crippen molar-refractivity contribution in [3.8, 4) is 0 Å². The summed E-state index contributed by atoms with van der Waals surface area (Å²) >= 11 is 0. The van der Waals surface area contributed by atoms with Crippen molar-refractivity contribution in [3.63, 3.8) is 0 Å². The van der Waals surface area contributed by atoms with Gasteiger partial charge in [0, 0.05) is 32.3 Å². The zero-order chi connectivity index (χ0) is 11.1. The Kier molecular flexibility index (Phi) is 5.60. The summed E-state index contributed by atoms with van der Waals surface area (Å²) in [6.45, 7) is 2.96. The minimum atomic E-state index is 0.0407. The van der Waals surface area contributed by atoms with Crippen molar-refractivity contribution in [2.45, 2.75) is 25.3 Å². The standard InChI is InChI=1S/C10H21N3O2/c11-9-2-5-13(6-3-9)8-10(15)12-4-1-7-14/h9,14H,1-8,11H2,(H,12,15). The first-order valence-electron chi connectivity index (χ1n) is 5.58. The number of carbonyl (C=O) groups is 1. The smallest absolute Gasteiger partial charge is 0.234 e. The number of piperidine rings is 1. The lowest BCUT2D eigenvalue weighted by Crippen LogP contribution is -2.44. The van der Waals surface area contributed by atoms with Gasteiger partial charge in [0.1, 0.15) is 0 Å². The number of aliphatic hydroxyl groups excluding tert-OH is 1. The molecule has 1 rings (SSSR count). The summed E-state index contributed by atoms with van der Waals surface area (Å²) in [7, 11) is 0. The van der Waals surface area contributed by atoms with Gasteiger partial charge in [-0.05, 0) is 19.3 Å². The van der Waals surface area contributed by atoms with E-state index in [9.17, 15) is 4.79 Å². The number of hydrogen-bond donors (Lipinski definition) is 3. The highest BCUT2D eigenvalue weighted by molar-refractivity contribution is 5.77. The van der Waals surface area contributed by atoms with Crippen LogP contribution in [0.3, 0.4) is 0 Å². The van der Waals surface area contributed by atoms with E-state index < -0.39 is 0 Å².